The molecule has 0 aromatic heterocycles. The van der Waals surface area contributed by atoms with E-state index < -0.39 is 0 Å². The summed E-state index contributed by atoms with van der Waals surface area (Å²) in [4.78, 5) is 16.2. The maximum atomic E-state index is 12.0. The zero-order valence-electron chi connectivity index (χ0n) is 9.86. The molecule has 0 aromatic rings. The molecule has 2 nitrogen and oxygen atoms in total. The van der Waals surface area contributed by atoms with Gasteiger partial charge in [0.1, 0.15) is 0 Å². The first-order valence-corrected chi connectivity index (χ1v) is 6.24. The van der Waals surface area contributed by atoms with Crippen LogP contribution in [0.2, 0.25) is 0 Å². The molecule has 0 bridgehead atoms. The zero-order chi connectivity index (χ0) is 11.4. The molecule has 1 fully saturated rings. The van der Waals surface area contributed by atoms with Crippen LogP contribution in [-0.2, 0) is 4.79 Å². The molecule has 1 unspecified atom stereocenters. The molecule has 0 aliphatic heterocycles. The van der Waals surface area contributed by atoms with Gasteiger partial charge in [-0.2, -0.15) is 0 Å². The third kappa shape index (κ3) is 2.69. The van der Waals surface area contributed by atoms with Gasteiger partial charge in [-0.25, -0.2) is 4.99 Å². The molecule has 0 saturated heterocycles. The highest BCUT2D eigenvalue weighted by atomic mass is 16.1. The lowest BCUT2D eigenvalue weighted by molar-refractivity contribution is -0.122. The Morgan fingerprint density at radius 2 is 2.00 bits per heavy atom. The fourth-order valence-corrected chi connectivity index (χ4v) is 2.34. The lowest BCUT2D eigenvalue weighted by Crippen LogP contribution is -2.19. The van der Waals surface area contributed by atoms with Gasteiger partial charge in [-0.05, 0) is 18.9 Å². The Morgan fingerprint density at radius 3 is 2.69 bits per heavy atom. The molecule has 16 heavy (non-hydrogen) atoms. The molecule has 0 heterocycles. The number of carbonyl (C=O) groups excluding carboxylic acids is 1. The van der Waals surface area contributed by atoms with E-state index in [1.54, 1.807) is 0 Å². The summed E-state index contributed by atoms with van der Waals surface area (Å²) in [5.41, 5.74) is 0.915. The second kappa shape index (κ2) is 5.24. The molecule has 1 amide bonds. The van der Waals surface area contributed by atoms with Crippen molar-refractivity contribution in [3.8, 4) is 0 Å². The van der Waals surface area contributed by atoms with Gasteiger partial charge < -0.3 is 0 Å². The van der Waals surface area contributed by atoms with E-state index in [1.807, 2.05) is 18.2 Å². The van der Waals surface area contributed by atoms with Crippen molar-refractivity contribution in [2.24, 2.45) is 16.8 Å². The van der Waals surface area contributed by atoms with Gasteiger partial charge in [-0.1, -0.05) is 44.4 Å². The summed E-state index contributed by atoms with van der Waals surface area (Å²) in [7, 11) is 0. The largest absolute Gasteiger partial charge is 0.272 e. The quantitative estimate of drug-likeness (QED) is 0.662. The molecule has 2 heteroatoms. The van der Waals surface area contributed by atoms with Crippen LogP contribution >= 0.6 is 0 Å². The molecule has 2 rings (SSSR count). The van der Waals surface area contributed by atoms with Crippen molar-refractivity contribution < 1.29 is 4.79 Å². The van der Waals surface area contributed by atoms with Crippen LogP contribution in [0.1, 0.15) is 39.0 Å². The van der Waals surface area contributed by atoms with Crippen LogP contribution in [-0.4, -0.2) is 11.6 Å². The lowest BCUT2D eigenvalue weighted by atomic mass is 9.88. The monoisotopic (exact) mass is 217 g/mol. The van der Waals surface area contributed by atoms with Crippen molar-refractivity contribution in [2.45, 2.75) is 39.0 Å². The Hall–Kier alpha value is -1.18. The van der Waals surface area contributed by atoms with Gasteiger partial charge in [0.25, 0.3) is 0 Å². The summed E-state index contributed by atoms with van der Waals surface area (Å²) in [6.07, 6.45) is 13.7. The number of amides is 1. The van der Waals surface area contributed by atoms with E-state index in [1.165, 1.54) is 19.3 Å². The maximum absolute atomic E-state index is 12.0. The van der Waals surface area contributed by atoms with Crippen molar-refractivity contribution in [1.82, 2.24) is 0 Å². The van der Waals surface area contributed by atoms with E-state index in [0.717, 1.165) is 18.6 Å². The van der Waals surface area contributed by atoms with E-state index in [-0.39, 0.29) is 17.7 Å². The number of nitrogens with zero attached hydrogens (tertiary/aromatic N) is 1. The number of rotatable bonds is 1. The van der Waals surface area contributed by atoms with Crippen molar-refractivity contribution in [2.75, 3.05) is 0 Å². The number of carbonyl (C=O) groups is 1. The van der Waals surface area contributed by atoms with E-state index in [9.17, 15) is 4.79 Å². The van der Waals surface area contributed by atoms with Crippen LogP contribution < -0.4 is 0 Å². The second-order valence-corrected chi connectivity index (χ2v) is 4.74. The van der Waals surface area contributed by atoms with Crippen molar-refractivity contribution in [3.05, 3.63) is 24.3 Å². The minimum atomic E-state index is 0.0986. The van der Waals surface area contributed by atoms with Crippen molar-refractivity contribution >= 4 is 11.6 Å². The summed E-state index contributed by atoms with van der Waals surface area (Å²) in [5.74, 6) is 0.562. The summed E-state index contributed by atoms with van der Waals surface area (Å²) in [6, 6.07) is 0. The highest BCUT2D eigenvalue weighted by Crippen LogP contribution is 2.25. The molecule has 0 aromatic carbocycles. The predicted molar refractivity (Wildman–Crippen MR) is 66.5 cm³/mol. The van der Waals surface area contributed by atoms with Gasteiger partial charge in [-0.3, -0.25) is 4.79 Å². The fraction of sp³-hybridized carbons (Fsp3) is 0.571. The van der Waals surface area contributed by atoms with Gasteiger partial charge in [0, 0.05) is 11.8 Å². The topological polar surface area (TPSA) is 29.4 Å². The molecular formula is C14H19NO. The van der Waals surface area contributed by atoms with Crippen LogP contribution in [0.15, 0.2) is 29.3 Å². The summed E-state index contributed by atoms with van der Waals surface area (Å²) in [6.45, 7) is 2.08. The Kier molecular flexibility index (Phi) is 3.70. The summed E-state index contributed by atoms with van der Waals surface area (Å²) < 4.78 is 0. The standard InChI is InChI=1S/C14H19NO/c1-11-7-5-6-10-13(11)15-14(16)12-8-3-2-4-9-12/h5-7,10-12H,2-4,8-9H2,1H3. The Bertz CT molecular complexity index is 346. The van der Waals surface area contributed by atoms with Gasteiger partial charge in [0.05, 0.1) is 5.71 Å². The zero-order valence-corrected chi connectivity index (χ0v) is 9.86. The molecule has 1 atom stereocenters. The first-order valence-electron chi connectivity index (χ1n) is 6.24. The molecule has 0 spiro atoms. The number of allylic oxidation sites excluding steroid dienone is 4. The molecule has 0 N–H and O–H groups in total. The molecule has 0 radical (unpaired) electrons. The second-order valence-electron chi connectivity index (χ2n) is 4.74. The van der Waals surface area contributed by atoms with Crippen molar-refractivity contribution in [1.29, 1.82) is 0 Å². The van der Waals surface area contributed by atoms with E-state index >= 15 is 0 Å². The molecule has 2 aliphatic carbocycles. The number of hydrogen-bond acceptors (Lipinski definition) is 1. The Morgan fingerprint density at radius 1 is 1.25 bits per heavy atom. The Labute approximate surface area is 97.1 Å². The third-order valence-corrected chi connectivity index (χ3v) is 3.44. The van der Waals surface area contributed by atoms with Crippen LogP contribution in [0.25, 0.3) is 0 Å². The third-order valence-electron chi connectivity index (χ3n) is 3.44. The lowest BCUT2D eigenvalue weighted by Gasteiger charge is -2.19. The average Bonchev–Trinajstić information content (AvgIpc) is 2.33. The highest BCUT2D eigenvalue weighted by Gasteiger charge is 2.21. The fourth-order valence-electron chi connectivity index (χ4n) is 2.34. The van der Waals surface area contributed by atoms with Crippen LogP contribution in [0.5, 0.6) is 0 Å². The molecule has 2 aliphatic rings. The number of hydrogen-bond donors (Lipinski definition) is 0. The van der Waals surface area contributed by atoms with Crippen LogP contribution in [0.4, 0.5) is 0 Å². The molecule has 1 saturated carbocycles. The van der Waals surface area contributed by atoms with Gasteiger partial charge in [-0.15, -0.1) is 0 Å². The van der Waals surface area contributed by atoms with Crippen LogP contribution in [0.3, 0.4) is 0 Å². The predicted octanol–water partition coefficient (Wildman–Crippen LogP) is 3.30. The molecule has 86 valence electrons. The van der Waals surface area contributed by atoms with E-state index in [0.29, 0.717) is 0 Å². The maximum Gasteiger partial charge on any atom is 0.249 e. The Balaban J connectivity index is 2.02. The first-order chi connectivity index (χ1) is 7.77. The highest BCUT2D eigenvalue weighted by molar-refractivity contribution is 6.05. The van der Waals surface area contributed by atoms with Gasteiger partial charge >= 0.3 is 0 Å². The van der Waals surface area contributed by atoms with Gasteiger partial charge in [0.15, 0.2) is 0 Å². The first kappa shape index (κ1) is 11.3. The SMILES string of the molecule is CC1C=CC=CC1=NC(=O)C1CCCCC1. The minimum absolute atomic E-state index is 0.0986. The van der Waals surface area contributed by atoms with E-state index in [4.69, 9.17) is 0 Å². The smallest absolute Gasteiger partial charge is 0.249 e. The van der Waals surface area contributed by atoms with Gasteiger partial charge in [0.2, 0.25) is 5.91 Å². The van der Waals surface area contributed by atoms with Crippen LogP contribution in [0, 0.1) is 11.8 Å². The van der Waals surface area contributed by atoms with Crippen molar-refractivity contribution in [3.63, 3.8) is 0 Å². The molecular weight excluding hydrogens is 198 g/mol. The summed E-state index contributed by atoms with van der Waals surface area (Å²) >= 11 is 0. The normalized spacial score (nSPS) is 28.6. The number of aliphatic imine (C=N–C) groups is 1. The van der Waals surface area contributed by atoms with E-state index in [2.05, 4.69) is 18.0 Å². The minimum Gasteiger partial charge on any atom is -0.272 e. The average molecular weight is 217 g/mol. The summed E-state index contributed by atoms with van der Waals surface area (Å²) in [5, 5.41) is 0.